The number of amides is 2. The van der Waals surface area contributed by atoms with E-state index in [0.717, 1.165) is 17.8 Å². The van der Waals surface area contributed by atoms with Crippen molar-refractivity contribution in [2.45, 2.75) is 26.3 Å². The molecular formula is C18H26ClN3O3. The van der Waals surface area contributed by atoms with Crippen molar-refractivity contribution >= 4 is 29.9 Å². The topological polar surface area (TPSA) is 61.9 Å². The first-order valence-corrected chi connectivity index (χ1v) is 8.46. The van der Waals surface area contributed by atoms with Crippen LogP contribution in [0.3, 0.4) is 0 Å². The summed E-state index contributed by atoms with van der Waals surface area (Å²) in [6.07, 6.45) is 0.272. The molecule has 2 heterocycles. The standard InChI is InChI=1S/C18H25N3O3.ClH/c1-12-4-5-16(24-3)15(8-12)21-11-14(9-17(21)22)18(23)20-7-6-19-13(2)10-20;/h4-5,8,13-14,19H,6-7,9-11H2,1-3H3;1H. The van der Waals surface area contributed by atoms with Crippen LogP contribution in [0, 0.1) is 12.8 Å². The van der Waals surface area contributed by atoms with Crippen LogP contribution in [-0.4, -0.2) is 56.0 Å². The molecule has 3 rings (SSSR count). The summed E-state index contributed by atoms with van der Waals surface area (Å²) in [5.74, 6) is 0.470. The van der Waals surface area contributed by atoms with Crippen LogP contribution in [0.15, 0.2) is 18.2 Å². The highest BCUT2D eigenvalue weighted by Crippen LogP contribution is 2.34. The molecule has 0 saturated carbocycles. The number of rotatable bonds is 3. The van der Waals surface area contributed by atoms with E-state index < -0.39 is 0 Å². The smallest absolute Gasteiger partial charge is 0.228 e. The van der Waals surface area contributed by atoms with E-state index in [1.807, 2.05) is 30.0 Å². The van der Waals surface area contributed by atoms with E-state index >= 15 is 0 Å². The molecule has 6 nitrogen and oxygen atoms in total. The van der Waals surface area contributed by atoms with Crippen molar-refractivity contribution < 1.29 is 14.3 Å². The van der Waals surface area contributed by atoms with Gasteiger partial charge in [0.2, 0.25) is 11.8 Å². The molecule has 138 valence electrons. The summed E-state index contributed by atoms with van der Waals surface area (Å²) in [5, 5.41) is 3.33. The molecule has 1 aromatic carbocycles. The highest BCUT2D eigenvalue weighted by atomic mass is 35.5. The van der Waals surface area contributed by atoms with Crippen LogP contribution in [0.1, 0.15) is 18.9 Å². The second kappa shape index (κ2) is 8.06. The minimum Gasteiger partial charge on any atom is -0.495 e. The Kier molecular flexibility index (Phi) is 6.30. The van der Waals surface area contributed by atoms with Gasteiger partial charge in [0.25, 0.3) is 0 Å². The summed E-state index contributed by atoms with van der Waals surface area (Å²) in [5.41, 5.74) is 1.82. The van der Waals surface area contributed by atoms with Crippen molar-refractivity contribution in [1.82, 2.24) is 10.2 Å². The summed E-state index contributed by atoms with van der Waals surface area (Å²) in [6, 6.07) is 6.06. The molecule has 0 aromatic heterocycles. The second-order valence-electron chi connectivity index (χ2n) is 6.72. The molecule has 1 aromatic rings. The third-order valence-electron chi connectivity index (χ3n) is 4.78. The Bertz CT molecular complexity index is 652. The highest BCUT2D eigenvalue weighted by molar-refractivity contribution is 6.01. The predicted octanol–water partition coefficient (Wildman–Crippen LogP) is 1.60. The monoisotopic (exact) mass is 367 g/mol. The normalized spacial score (nSPS) is 23.4. The molecule has 1 N–H and O–H groups in total. The van der Waals surface area contributed by atoms with Crippen LogP contribution in [-0.2, 0) is 9.59 Å². The van der Waals surface area contributed by atoms with Gasteiger partial charge in [-0.1, -0.05) is 6.07 Å². The van der Waals surface area contributed by atoms with Crippen LogP contribution in [0.4, 0.5) is 5.69 Å². The number of methoxy groups -OCH3 is 1. The number of aryl methyl sites for hydroxylation is 1. The largest absolute Gasteiger partial charge is 0.495 e. The SMILES string of the molecule is COc1ccc(C)cc1N1CC(C(=O)N2CCNC(C)C2)CC1=O.Cl. The van der Waals surface area contributed by atoms with Gasteiger partial charge in [-0.3, -0.25) is 9.59 Å². The van der Waals surface area contributed by atoms with Crippen LogP contribution in [0.2, 0.25) is 0 Å². The van der Waals surface area contributed by atoms with E-state index in [4.69, 9.17) is 4.74 Å². The molecular weight excluding hydrogens is 342 g/mol. The van der Waals surface area contributed by atoms with Gasteiger partial charge in [-0.05, 0) is 31.5 Å². The lowest BCUT2D eigenvalue weighted by Crippen LogP contribution is -2.53. The van der Waals surface area contributed by atoms with Gasteiger partial charge in [0.1, 0.15) is 5.75 Å². The van der Waals surface area contributed by atoms with E-state index in [-0.39, 0.29) is 36.6 Å². The first kappa shape index (κ1) is 19.5. The number of nitrogens with zero attached hydrogens (tertiary/aromatic N) is 2. The van der Waals surface area contributed by atoms with Crippen molar-refractivity contribution in [3.05, 3.63) is 23.8 Å². The van der Waals surface area contributed by atoms with Gasteiger partial charge in [-0.15, -0.1) is 12.4 Å². The van der Waals surface area contributed by atoms with Crippen molar-refractivity contribution in [1.29, 1.82) is 0 Å². The third-order valence-corrected chi connectivity index (χ3v) is 4.78. The Morgan fingerprint density at radius 3 is 2.76 bits per heavy atom. The van der Waals surface area contributed by atoms with Crippen LogP contribution in [0.5, 0.6) is 5.75 Å². The zero-order valence-electron chi connectivity index (χ0n) is 14.9. The number of anilines is 1. The van der Waals surface area contributed by atoms with E-state index in [9.17, 15) is 9.59 Å². The zero-order valence-corrected chi connectivity index (χ0v) is 15.8. The fourth-order valence-corrected chi connectivity index (χ4v) is 3.51. The second-order valence-corrected chi connectivity index (χ2v) is 6.72. The molecule has 7 heteroatoms. The number of carbonyl (C=O) groups excluding carboxylic acids is 2. The molecule has 0 radical (unpaired) electrons. The molecule has 2 unspecified atom stereocenters. The maximum absolute atomic E-state index is 12.8. The van der Waals surface area contributed by atoms with Crippen LogP contribution in [0.25, 0.3) is 0 Å². The Morgan fingerprint density at radius 2 is 2.08 bits per heavy atom. The third kappa shape index (κ3) is 4.07. The average molecular weight is 368 g/mol. The van der Waals surface area contributed by atoms with E-state index in [0.29, 0.717) is 31.4 Å². The van der Waals surface area contributed by atoms with E-state index in [1.54, 1.807) is 12.0 Å². The van der Waals surface area contributed by atoms with Gasteiger partial charge in [0.05, 0.1) is 18.7 Å². The number of piperazine rings is 1. The number of ether oxygens (including phenoxy) is 1. The lowest BCUT2D eigenvalue weighted by atomic mass is 10.1. The minimum atomic E-state index is -0.270. The number of carbonyl (C=O) groups is 2. The highest BCUT2D eigenvalue weighted by Gasteiger charge is 2.38. The Labute approximate surface area is 154 Å². The molecule has 25 heavy (non-hydrogen) atoms. The number of halogens is 1. The van der Waals surface area contributed by atoms with Crippen molar-refractivity contribution in [3.8, 4) is 5.75 Å². The summed E-state index contributed by atoms with van der Waals surface area (Å²) < 4.78 is 5.39. The Hall–Kier alpha value is -1.79. The zero-order chi connectivity index (χ0) is 17.3. The summed E-state index contributed by atoms with van der Waals surface area (Å²) in [6.45, 7) is 6.70. The van der Waals surface area contributed by atoms with Crippen LogP contribution >= 0.6 is 12.4 Å². The first-order valence-electron chi connectivity index (χ1n) is 8.46. The van der Waals surface area contributed by atoms with E-state index in [1.165, 1.54) is 0 Å². The number of hydrogen-bond donors (Lipinski definition) is 1. The lowest BCUT2D eigenvalue weighted by molar-refractivity contribution is -0.136. The van der Waals surface area contributed by atoms with Gasteiger partial charge < -0.3 is 19.9 Å². The lowest BCUT2D eigenvalue weighted by Gasteiger charge is -2.33. The quantitative estimate of drug-likeness (QED) is 0.881. The molecule has 2 aliphatic rings. The van der Waals surface area contributed by atoms with Gasteiger partial charge in [0.15, 0.2) is 0 Å². The number of hydrogen-bond acceptors (Lipinski definition) is 4. The molecule has 2 atom stereocenters. The predicted molar refractivity (Wildman–Crippen MR) is 99.5 cm³/mol. The fraction of sp³-hybridized carbons (Fsp3) is 0.556. The maximum atomic E-state index is 12.8. The number of nitrogens with one attached hydrogen (secondary N) is 1. The maximum Gasteiger partial charge on any atom is 0.228 e. The fourth-order valence-electron chi connectivity index (χ4n) is 3.51. The molecule has 2 aliphatic heterocycles. The van der Waals surface area contributed by atoms with Crippen molar-refractivity contribution in [2.24, 2.45) is 5.92 Å². The van der Waals surface area contributed by atoms with Gasteiger partial charge in [0, 0.05) is 38.6 Å². The van der Waals surface area contributed by atoms with Crippen LogP contribution < -0.4 is 15.0 Å². The molecule has 0 bridgehead atoms. The molecule has 2 saturated heterocycles. The summed E-state index contributed by atoms with van der Waals surface area (Å²) in [7, 11) is 1.60. The van der Waals surface area contributed by atoms with E-state index in [2.05, 4.69) is 12.2 Å². The summed E-state index contributed by atoms with van der Waals surface area (Å²) >= 11 is 0. The minimum absolute atomic E-state index is 0. The van der Waals surface area contributed by atoms with Gasteiger partial charge >= 0.3 is 0 Å². The number of benzene rings is 1. The van der Waals surface area contributed by atoms with Gasteiger partial charge in [-0.25, -0.2) is 0 Å². The first-order chi connectivity index (χ1) is 11.5. The summed E-state index contributed by atoms with van der Waals surface area (Å²) in [4.78, 5) is 28.9. The van der Waals surface area contributed by atoms with Gasteiger partial charge in [-0.2, -0.15) is 0 Å². The van der Waals surface area contributed by atoms with Crippen molar-refractivity contribution in [2.75, 3.05) is 38.2 Å². The Morgan fingerprint density at radius 1 is 1.32 bits per heavy atom. The molecule has 0 aliphatic carbocycles. The molecule has 2 amide bonds. The average Bonchev–Trinajstić information content (AvgIpc) is 2.95. The molecule has 0 spiro atoms. The Balaban J connectivity index is 0.00000225. The molecule has 2 fully saturated rings. The van der Waals surface area contributed by atoms with Crippen molar-refractivity contribution in [3.63, 3.8) is 0 Å².